The van der Waals surface area contributed by atoms with Gasteiger partial charge in [0.25, 0.3) is 0 Å². The maximum absolute atomic E-state index is 11.9. The molecule has 0 atom stereocenters. The van der Waals surface area contributed by atoms with Crippen molar-refractivity contribution >= 4 is 41.1 Å². The number of urea groups is 1. The number of nitrogens with zero attached hydrogens (tertiary/aromatic N) is 1. The van der Waals surface area contributed by atoms with Crippen LogP contribution in [0.1, 0.15) is 32.1 Å². The first-order valence-electron chi connectivity index (χ1n) is 7.36. The Morgan fingerprint density at radius 2 is 1.87 bits per heavy atom. The monoisotopic (exact) mass is 360 g/mol. The number of carbonyl (C=O) groups is 2. The van der Waals surface area contributed by atoms with Crippen molar-refractivity contribution in [3.63, 3.8) is 0 Å². The van der Waals surface area contributed by atoms with Crippen LogP contribution < -0.4 is 10.4 Å². The third kappa shape index (κ3) is 4.91. The van der Waals surface area contributed by atoms with E-state index >= 15 is 0 Å². The predicted molar refractivity (Wildman–Crippen MR) is 87.8 cm³/mol. The fourth-order valence-electron chi connectivity index (χ4n) is 2.34. The molecule has 1 saturated carbocycles. The van der Waals surface area contributed by atoms with Gasteiger partial charge < -0.3 is 10.1 Å². The summed E-state index contributed by atoms with van der Waals surface area (Å²) in [6, 6.07) is 3.80. The number of hydrogen-bond acceptors (Lipinski definition) is 4. The largest absolute Gasteiger partial charge is 0.534 e. The smallest absolute Gasteiger partial charge is 0.429 e. The highest BCUT2D eigenvalue weighted by atomic mass is 35.5. The second-order valence-electron chi connectivity index (χ2n) is 5.17. The van der Waals surface area contributed by atoms with Gasteiger partial charge in [-0.2, -0.15) is 0 Å². The van der Waals surface area contributed by atoms with Crippen LogP contribution >= 0.6 is 23.2 Å². The molecule has 23 heavy (non-hydrogen) atoms. The van der Waals surface area contributed by atoms with Gasteiger partial charge in [-0.15, -0.1) is 5.06 Å². The standard InChI is InChI=1S/C15H18Cl2N2O4/c1-18-14(20)19(10-7-8-12(16)13(17)9-10)23-15(21)22-11-5-3-2-4-6-11/h7-9,11H,2-6H2,1H3,(H,18,20). The molecule has 8 heteroatoms. The molecule has 0 aliphatic heterocycles. The van der Waals surface area contributed by atoms with E-state index < -0.39 is 12.2 Å². The minimum atomic E-state index is -0.924. The van der Waals surface area contributed by atoms with Crippen LogP contribution in [-0.4, -0.2) is 25.3 Å². The van der Waals surface area contributed by atoms with E-state index in [1.54, 1.807) is 0 Å². The summed E-state index contributed by atoms with van der Waals surface area (Å²) < 4.78 is 5.25. The van der Waals surface area contributed by atoms with E-state index in [0.29, 0.717) is 5.02 Å². The summed E-state index contributed by atoms with van der Waals surface area (Å²) in [7, 11) is 1.42. The minimum Gasteiger partial charge on any atom is -0.429 e. The molecule has 1 aliphatic rings. The normalized spacial score (nSPS) is 14.9. The van der Waals surface area contributed by atoms with Crippen molar-refractivity contribution in [2.75, 3.05) is 12.1 Å². The number of rotatable bonds is 2. The average Bonchev–Trinajstić information content (AvgIpc) is 2.55. The maximum Gasteiger partial charge on any atom is 0.534 e. The molecular formula is C15H18Cl2N2O4. The molecule has 2 rings (SSSR count). The molecule has 0 spiro atoms. The molecule has 1 aromatic rings. The summed E-state index contributed by atoms with van der Waals surface area (Å²) in [5.41, 5.74) is 0.263. The number of anilines is 1. The van der Waals surface area contributed by atoms with Crippen LogP contribution in [0.5, 0.6) is 0 Å². The Labute approximate surface area is 144 Å². The number of hydrogen-bond donors (Lipinski definition) is 1. The third-order valence-corrected chi connectivity index (χ3v) is 4.26. The van der Waals surface area contributed by atoms with Crippen LogP contribution in [0.4, 0.5) is 15.3 Å². The summed E-state index contributed by atoms with van der Waals surface area (Å²) >= 11 is 11.8. The summed E-state index contributed by atoms with van der Waals surface area (Å²) in [5, 5.41) is 3.74. The van der Waals surface area contributed by atoms with Gasteiger partial charge in [-0.05, 0) is 43.9 Å². The highest BCUT2D eigenvalue weighted by molar-refractivity contribution is 6.42. The van der Waals surface area contributed by atoms with Crippen LogP contribution in [0.3, 0.4) is 0 Å². The van der Waals surface area contributed by atoms with E-state index in [0.717, 1.165) is 37.2 Å². The van der Waals surface area contributed by atoms with Gasteiger partial charge in [0.05, 0.1) is 15.7 Å². The van der Waals surface area contributed by atoms with Crippen LogP contribution in [0.2, 0.25) is 10.0 Å². The second-order valence-corrected chi connectivity index (χ2v) is 5.98. The summed E-state index contributed by atoms with van der Waals surface area (Å²) in [5.74, 6) is 0. The Kier molecular flexibility index (Phi) is 6.36. The molecule has 1 aliphatic carbocycles. The van der Waals surface area contributed by atoms with Crippen molar-refractivity contribution in [2.24, 2.45) is 0 Å². The molecule has 0 bridgehead atoms. The molecule has 0 aromatic heterocycles. The van der Waals surface area contributed by atoms with E-state index in [9.17, 15) is 9.59 Å². The lowest BCUT2D eigenvalue weighted by atomic mass is 9.98. The molecule has 1 N–H and O–H groups in total. The van der Waals surface area contributed by atoms with Gasteiger partial charge in [-0.25, -0.2) is 9.59 Å². The first-order chi connectivity index (χ1) is 11.0. The van der Waals surface area contributed by atoms with Crippen molar-refractivity contribution in [1.29, 1.82) is 0 Å². The first kappa shape index (κ1) is 17.7. The average molecular weight is 361 g/mol. The van der Waals surface area contributed by atoms with E-state index in [-0.39, 0.29) is 16.8 Å². The van der Waals surface area contributed by atoms with Crippen molar-refractivity contribution in [3.05, 3.63) is 28.2 Å². The molecule has 2 amide bonds. The summed E-state index contributed by atoms with van der Waals surface area (Å²) in [4.78, 5) is 28.9. The van der Waals surface area contributed by atoms with Crippen molar-refractivity contribution in [1.82, 2.24) is 5.32 Å². The van der Waals surface area contributed by atoms with E-state index in [4.69, 9.17) is 32.8 Å². The lowest BCUT2D eigenvalue weighted by Gasteiger charge is -2.24. The molecule has 0 saturated heterocycles. The SMILES string of the molecule is CNC(=O)N(OC(=O)OC1CCCCC1)c1ccc(Cl)c(Cl)c1. The molecule has 0 unspecified atom stereocenters. The van der Waals surface area contributed by atoms with Crippen LogP contribution in [-0.2, 0) is 9.57 Å². The quantitative estimate of drug-likeness (QED) is 0.620. The Bertz CT molecular complexity index is 577. The number of carbonyl (C=O) groups excluding carboxylic acids is 2. The van der Waals surface area contributed by atoms with Gasteiger partial charge >= 0.3 is 12.2 Å². The highest BCUT2D eigenvalue weighted by Crippen LogP contribution is 2.28. The zero-order chi connectivity index (χ0) is 16.8. The third-order valence-electron chi connectivity index (χ3n) is 3.52. The number of nitrogens with one attached hydrogen (secondary N) is 1. The zero-order valence-corrected chi connectivity index (χ0v) is 14.2. The van der Waals surface area contributed by atoms with Crippen LogP contribution in [0.25, 0.3) is 0 Å². The molecule has 0 heterocycles. The number of ether oxygens (including phenoxy) is 1. The minimum absolute atomic E-state index is 0.170. The topological polar surface area (TPSA) is 67.9 Å². The van der Waals surface area contributed by atoms with Crippen molar-refractivity contribution in [2.45, 2.75) is 38.2 Å². The fourth-order valence-corrected chi connectivity index (χ4v) is 2.63. The van der Waals surface area contributed by atoms with E-state index in [1.165, 1.54) is 25.2 Å². The first-order valence-corrected chi connectivity index (χ1v) is 8.12. The Morgan fingerprint density at radius 3 is 2.48 bits per heavy atom. The number of hydroxylamine groups is 1. The Balaban J connectivity index is 2.07. The summed E-state index contributed by atoms with van der Waals surface area (Å²) in [6.45, 7) is 0. The van der Waals surface area contributed by atoms with Crippen molar-refractivity contribution in [3.8, 4) is 0 Å². The van der Waals surface area contributed by atoms with Crippen molar-refractivity contribution < 1.29 is 19.2 Å². The van der Waals surface area contributed by atoms with Crippen LogP contribution in [0.15, 0.2) is 18.2 Å². The highest BCUT2D eigenvalue weighted by Gasteiger charge is 2.25. The van der Waals surface area contributed by atoms with Gasteiger partial charge in [0.2, 0.25) is 0 Å². The molecule has 6 nitrogen and oxygen atoms in total. The maximum atomic E-state index is 11.9. The molecule has 0 radical (unpaired) electrons. The predicted octanol–water partition coefficient (Wildman–Crippen LogP) is 4.54. The second kappa shape index (κ2) is 8.26. The molecule has 126 valence electrons. The van der Waals surface area contributed by atoms with Gasteiger partial charge in [0.15, 0.2) is 0 Å². The number of benzene rings is 1. The fraction of sp³-hybridized carbons (Fsp3) is 0.467. The van der Waals surface area contributed by atoms with Gasteiger partial charge in [0.1, 0.15) is 6.10 Å². The summed E-state index contributed by atoms with van der Waals surface area (Å²) in [6.07, 6.45) is 3.70. The van der Waals surface area contributed by atoms with Gasteiger partial charge in [-0.3, -0.25) is 4.84 Å². The molecule has 1 aromatic carbocycles. The number of halogens is 2. The van der Waals surface area contributed by atoms with E-state index in [2.05, 4.69) is 5.32 Å². The molecular weight excluding hydrogens is 343 g/mol. The van der Waals surface area contributed by atoms with Gasteiger partial charge in [0, 0.05) is 7.05 Å². The Morgan fingerprint density at radius 1 is 1.17 bits per heavy atom. The van der Waals surface area contributed by atoms with Gasteiger partial charge in [-0.1, -0.05) is 29.6 Å². The lowest BCUT2D eigenvalue weighted by Crippen LogP contribution is -2.40. The lowest BCUT2D eigenvalue weighted by molar-refractivity contribution is 0.00945. The van der Waals surface area contributed by atoms with Crippen LogP contribution in [0, 0.1) is 0 Å². The zero-order valence-electron chi connectivity index (χ0n) is 12.7. The molecule has 1 fully saturated rings. The van der Waals surface area contributed by atoms with E-state index in [1.807, 2.05) is 0 Å². The number of amides is 2. The Hall–Kier alpha value is -1.66.